The van der Waals surface area contributed by atoms with Gasteiger partial charge in [0.1, 0.15) is 5.60 Å². The number of alkyl carbamates (subject to hydrolysis) is 1. The van der Waals surface area contributed by atoms with Crippen LogP contribution in [0.25, 0.3) is 0 Å². The smallest absolute Gasteiger partial charge is 0.407 e. The van der Waals surface area contributed by atoms with Gasteiger partial charge in [-0.25, -0.2) is 4.79 Å². The molecule has 2 atom stereocenters. The number of hydrogen-bond acceptors (Lipinski definition) is 4. The van der Waals surface area contributed by atoms with E-state index in [4.69, 9.17) is 14.2 Å². The predicted octanol–water partition coefficient (Wildman–Crippen LogP) is 2.76. The number of alkyl halides is 1. The van der Waals surface area contributed by atoms with E-state index in [1.165, 1.54) is 0 Å². The fourth-order valence-electron chi connectivity index (χ4n) is 1.74. The van der Waals surface area contributed by atoms with Gasteiger partial charge in [0, 0.05) is 17.0 Å². The number of hydrogen-bond donors (Lipinski definition) is 1. The lowest BCUT2D eigenvalue weighted by atomic mass is 10.1. The molecule has 1 N–H and O–H groups in total. The first-order valence-electron chi connectivity index (χ1n) is 6.99. The fourth-order valence-corrected chi connectivity index (χ4v) is 2.23. The SMILES string of the molecule is CC(C)(C)OC(=O)NCC(C)(CI)OCC1CCOC1. The van der Waals surface area contributed by atoms with Gasteiger partial charge in [0.15, 0.2) is 0 Å². The average molecular weight is 399 g/mol. The van der Waals surface area contributed by atoms with E-state index in [2.05, 4.69) is 27.9 Å². The molecule has 1 amide bonds. The van der Waals surface area contributed by atoms with Crippen molar-refractivity contribution >= 4 is 28.7 Å². The van der Waals surface area contributed by atoms with Crippen LogP contribution >= 0.6 is 22.6 Å². The minimum absolute atomic E-state index is 0.375. The number of nitrogens with one attached hydrogen (secondary N) is 1. The van der Waals surface area contributed by atoms with Crippen LogP contribution in [-0.2, 0) is 14.2 Å². The van der Waals surface area contributed by atoms with Crippen LogP contribution in [-0.4, -0.2) is 48.1 Å². The Balaban J connectivity index is 2.33. The van der Waals surface area contributed by atoms with Crippen molar-refractivity contribution in [3.63, 3.8) is 0 Å². The normalized spacial score (nSPS) is 22.4. The number of ether oxygens (including phenoxy) is 3. The molecule has 0 aromatic carbocycles. The summed E-state index contributed by atoms with van der Waals surface area (Å²) in [7, 11) is 0. The predicted molar refractivity (Wildman–Crippen MR) is 86.4 cm³/mol. The van der Waals surface area contributed by atoms with E-state index in [1.54, 1.807) is 0 Å². The summed E-state index contributed by atoms with van der Waals surface area (Å²) >= 11 is 2.28. The zero-order chi connectivity index (χ0) is 15.2. The van der Waals surface area contributed by atoms with Gasteiger partial charge < -0.3 is 19.5 Å². The summed E-state index contributed by atoms with van der Waals surface area (Å²) in [6.07, 6.45) is 0.651. The standard InChI is InChI=1S/C14H26INO4/c1-13(2,3)20-12(17)16-10-14(4,9-15)19-8-11-5-6-18-7-11/h11H,5-10H2,1-4H3,(H,16,17). The summed E-state index contributed by atoms with van der Waals surface area (Å²) in [6, 6.07) is 0. The first kappa shape index (κ1) is 18.0. The molecule has 2 unspecified atom stereocenters. The van der Waals surface area contributed by atoms with Crippen molar-refractivity contribution < 1.29 is 19.0 Å². The maximum absolute atomic E-state index is 11.7. The Morgan fingerprint density at radius 2 is 2.10 bits per heavy atom. The van der Waals surface area contributed by atoms with E-state index in [1.807, 2.05) is 27.7 Å². The van der Waals surface area contributed by atoms with Gasteiger partial charge in [0.25, 0.3) is 0 Å². The molecule has 0 aromatic rings. The summed E-state index contributed by atoms with van der Waals surface area (Å²) in [5.74, 6) is 0.471. The minimum atomic E-state index is -0.479. The van der Waals surface area contributed by atoms with Crippen LogP contribution in [0.5, 0.6) is 0 Å². The topological polar surface area (TPSA) is 56.8 Å². The second-order valence-corrected chi connectivity index (χ2v) is 7.24. The van der Waals surface area contributed by atoms with E-state index >= 15 is 0 Å². The maximum atomic E-state index is 11.7. The molecule has 0 radical (unpaired) electrons. The third-order valence-corrected chi connectivity index (χ3v) is 4.59. The number of rotatable bonds is 6. The zero-order valence-electron chi connectivity index (χ0n) is 12.8. The maximum Gasteiger partial charge on any atom is 0.407 e. The molecule has 1 heterocycles. The number of amides is 1. The van der Waals surface area contributed by atoms with Gasteiger partial charge in [-0.15, -0.1) is 0 Å². The molecule has 0 saturated carbocycles. The molecular formula is C14H26INO4. The van der Waals surface area contributed by atoms with Crippen LogP contribution in [0.15, 0.2) is 0 Å². The lowest BCUT2D eigenvalue weighted by Gasteiger charge is -2.30. The first-order valence-corrected chi connectivity index (χ1v) is 8.51. The van der Waals surface area contributed by atoms with Gasteiger partial charge >= 0.3 is 6.09 Å². The Kier molecular flexibility index (Phi) is 7.00. The summed E-state index contributed by atoms with van der Waals surface area (Å²) in [4.78, 5) is 11.7. The highest BCUT2D eigenvalue weighted by molar-refractivity contribution is 14.1. The van der Waals surface area contributed by atoms with Crippen molar-refractivity contribution in [1.82, 2.24) is 5.32 Å². The summed E-state index contributed by atoms with van der Waals surface area (Å²) in [6.45, 7) is 10.3. The largest absolute Gasteiger partial charge is 0.444 e. The molecule has 5 nitrogen and oxygen atoms in total. The van der Waals surface area contributed by atoms with Gasteiger partial charge in [-0.3, -0.25) is 0 Å². The minimum Gasteiger partial charge on any atom is -0.444 e. The number of carbonyl (C=O) groups excluding carboxylic acids is 1. The first-order chi connectivity index (χ1) is 9.24. The van der Waals surface area contributed by atoms with Gasteiger partial charge in [0.05, 0.1) is 25.4 Å². The molecule has 6 heteroatoms. The summed E-state index contributed by atoms with van der Waals surface area (Å²) < 4.78 is 17.4. The van der Waals surface area contributed by atoms with Crippen molar-refractivity contribution in [3.8, 4) is 0 Å². The van der Waals surface area contributed by atoms with E-state index in [9.17, 15) is 4.79 Å². The van der Waals surface area contributed by atoms with Crippen LogP contribution in [0.4, 0.5) is 4.79 Å². The molecule has 0 spiro atoms. The zero-order valence-corrected chi connectivity index (χ0v) is 15.0. The monoisotopic (exact) mass is 399 g/mol. The van der Waals surface area contributed by atoms with Crippen LogP contribution in [0, 0.1) is 5.92 Å². The summed E-state index contributed by atoms with van der Waals surface area (Å²) in [5, 5.41) is 2.78. The highest BCUT2D eigenvalue weighted by Crippen LogP contribution is 2.19. The average Bonchev–Trinajstić information content (AvgIpc) is 2.85. The second-order valence-electron chi connectivity index (χ2n) is 6.48. The molecule has 1 aliphatic heterocycles. The molecule has 1 aliphatic rings. The molecule has 20 heavy (non-hydrogen) atoms. The van der Waals surface area contributed by atoms with E-state index in [0.717, 1.165) is 24.1 Å². The lowest BCUT2D eigenvalue weighted by Crippen LogP contribution is -2.46. The third kappa shape index (κ3) is 7.08. The van der Waals surface area contributed by atoms with Gasteiger partial charge in [-0.05, 0) is 34.1 Å². The summed E-state index contributed by atoms with van der Waals surface area (Å²) in [5.41, 5.74) is -0.854. The highest BCUT2D eigenvalue weighted by Gasteiger charge is 2.28. The van der Waals surface area contributed by atoms with Crippen LogP contribution in [0.1, 0.15) is 34.1 Å². The molecule has 118 valence electrons. The van der Waals surface area contributed by atoms with E-state index in [-0.39, 0.29) is 5.60 Å². The van der Waals surface area contributed by atoms with Crippen molar-refractivity contribution in [1.29, 1.82) is 0 Å². The Morgan fingerprint density at radius 3 is 2.60 bits per heavy atom. The van der Waals surface area contributed by atoms with Crippen LogP contribution in [0.2, 0.25) is 0 Å². The quantitative estimate of drug-likeness (QED) is 0.551. The number of carbonyl (C=O) groups is 1. The molecule has 1 fully saturated rings. The van der Waals surface area contributed by atoms with Crippen molar-refractivity contribution in [2.24, 2.45) is 5.92 Å². The molecule has 0 aromatic heterocycles. The van der Waals surface area contributed by atoms with Gasteiger partial charge in [-0.1, -0.05) is 22.6 Å². The van der Waals surface area contributed by atoms with Crippen molar-refractivity contribution in [3.05, 3.63) is 0 Å². The molecule has 1 rings (SSSR count). The molecule has 0 aliphatic carbocycles. The Labute approximate surface area is 135 Å². The van der Waals surface area contributed by atoms with Crippen LogP contribution in [0.3, 0.4) is 0 Å². The second kappa shape index (κ2) is 7.79. The lowest BCUT2D eigenvalue weighted by molar-refractivity contribution is -0.0314. The Bertz CT molecular complexity index is 313. The number of halogens is 1. The highest BCUT2D eigenvalue weighted by atomic mass is 127. The van der Waals surface area contributed by atoms with Crippen molar-refractivity contribution in [2.45, 2.75) is 45.3 Å². The Morgan fingerprint density at radius 1 is 1.40 bits per heavy atom. The van der Waals surface area contributed by atoms with Crippen LogP contribution < -0.4 is 5.32 Å². The molecule has 1 saturated heterocycles. The Hall–Kier alpha value is -0.0800. The fraction of sp³-hybridized carbons (Fsp3) is 0.929. The van der Waals surface area contributed by atoms with E-state index in [0.29, 0.717) is 19.1 Å². The third-order valence-electron chi connectivity index (χ3n) is 2.98. The van der Waals surface area contributed by atoms with Crippen molar-refractivity contribution in [2.75, 3.05) is 30.8 Å². The van der Waals surface area contributed by atoms with Gasteiger partial charge in [-0.2, -0.15) is 0 Å². The molecular weight excluding hydrogens is 373 g/mol. The molecule has 0 bridgehead atoms. The van der Waals surface area contributed by atoms with E-state index < -0.39 is 11.7 Å². The van der Waals surface area contributed by atoms with Gasteiger partial charge in [0.2, 0.25) is 0 Å².